The third-order valence-corrected chi connectivity index (χ3v) is 3.83. The Balaban J connectivity index is 0.00000288. The predicted molar refractivity (Wildman–Crippen MR) is 103 cm³/mol. The van der Waals surface area contributed by atoms with Gasteiger partial charge in [-0.15, -0.1) is 19.0 Å². The van der Waals surface area contributed by atoms with Crippen LogP contribution in [-0.4, -0.2) is 13.7 Å². The Labute approximate surface area is 159 Å². The first-order valence-corrected chi connectivity index (χ1v) is 7.95. The summed E-state index contributed by atoms with van der Waals surface area (Å²) in [5.74, 6) is 1.36. The first-order chi connectivity index (χ1) is 11.1. The van der Waals surface area contributed by atoms with Gasteiger partial charge in [-0.2, -0.15) is 0 Å². The molecule has 0 unspecified atom stereocenters. The summed E-state index contributed by atoms with van der Waals surface area (Å²) in [4.78, 5) is 0. The lowest BCUT2D eigenvalue weighted by molar-refractivity contribution is 0.284. The van der Waals surface area contributed by atoms with E-state index in [1.807, 2.05) is 30.3 Å². The van der Waals surface area contributed by atoms with Crippen molar-refractivity contribution in [3.63, 3.8) is 0 Å². The van der Waals surface area contributed by atoms with Crippen LogP contribution in [0, 0.1) is 0 Å². The summed E-state index contributed by atoms with van der Waals surface area (Å²) in [5.41, 5.74) is 1.98. The summed E-state index contributed by atoms with van der Waals surface area (Å²) in [7, 11) is 1.62. The zero-order valence-electron chi connectivity index (χ0n) is 13.4. The largest absolute Gasteiger partial charge is 0.493 e. The molecule has 0 bridgehead atoms. The van der Waals surface area contributed by atoms with Crippen molar-refractivity contribution in [2.24, 2.45) is 0 Å². The molecule has 0 amide bonds. The van der Waals surface area contributed by atoms with E-state index in [2.05, 4.69) is 11.9 Å². The number of rotatable bonds is 8. The Hall–Kier alpha value is -1.39. The molecule has 0 radical (unpaired) electrons. The highest BCUT2D eigenvalue weighted by molar-refractivity contribution is 6.35. The number of nitrogens with one attached hydrogen (secondary N) is 1. The lowest BCUT2D eigenvalue weighted by atomic mass is 10.2. The topological polar surface area (TPSA) is 30.5 Å². The van der Waals surface area contributed by atoms with Crippen molar-refractivity contribution in [1.82, 2.24) is 5.32 Å². The Morgan fingerprint density at radius 1 is 1.12 bits per heavy atom. The van der Waals surface area contributed by atoms with Crippen LogP contribution >= 0.6 is 35.6 Å². The first kappa shape index (κ1) is 20.7. The fraction of sp³-hybridized carbons (Fsp3) is 0.222. The van der Waals surface area contributed by atoms with Gasteiger partial charge in [0.05, 0.1) is 7.11 Å². The molecule has 2 aromatic carbocycles. The van der Waals surface area contributed by atoms with E-state index in [1.165, 1.54) is 0 Å². The molecule has 2 rings (SSSR count). The van der Waals surface area contributed by atoms with Crippen LogP contribution in [0.5, 0.6) is 11.5 Å². The second-order valence-corrected chi connectivity index (χ2v) is 5.77. The van der Waals surface area contributed by atoms with Crippen molar-refractivity contribution < 1.29 is 9.47 Å². The molecule has 1 N–H and O–H groups in total. The summed E-state index contributed by atoms with van der Waals surface area (Å²) in [5, 5.41) is 4.44. The van der Waals surface area contributed by atoms with Crippen molar-refractivity contribution in [2.45, 2.75) is 13.2 Å². The normalized spacial score (nSPS) is 9.96. The average Bonchev–Trinajstić information content (AvgIpc) is 2.55. The van der Waals surface area contributed by atoms with Crippen molar-refractivity contribution in [3.05, 3.63) is 70.2 Å². The second kappa shape index (κ2) is 10.5. The molecule has 3 nitrogen and oxygen atoms in total. The second-order valence-electron chi connectivity index (χ2n) is 4.93. The maximum Gasteiger partial charge on any atom is 0.161 e. The van der Waals surface area contributed by atoms with E-state index >= 15 is 0 Å². The van der Waals surface area contributed by atoms with Gasteiger partial charge in [0.25, 0.3) is 0 Å². The van der Waals surface area contributed by atoms with Crippen LogP contribution in [0.4, 0.5) is 0 Å². The van der Waals surface area contributed by atoms with Crippen LogP contribution < -0.4 is 14.8 Å². The number of ether oxygens (including phenoxy) is 2. The summed E-state index contributed by atoms with van der Waals surface area (Å²) in [6.07, 6.45) is 1.82. The molecule has 0 aromatic heterocycles. The quantitative estimate of drug-likeness (QED) is 0.493. The lowest BCUT2D eigenvalue weighted by Crippen LogP contribution is -2.12. The van der Waals surface area contributed by atoms with Crippen molar-refractivity contribution in [1.29, 1.82) is 0 Å². The van der Waals surface area contributed by atoms with Crippen molar-refractivity contribution in [2.75, 3.05) is 13.7 Å². The zero-order valence-corrected chi connectivity index (χ0v) is 15.7. The number of methoxy groups -OCH3 is 1. The van der Waals surface area contributed by atoms with Gasteiger partial charge in [-0.1, -0.05) is 41.4 Å². The molecule has 0 aliphatic carbocycles. The molecule has 24 heavy (non-hydrogen) atoms. The van der Waals surface area contributed by atoms with E-state index in [0.29, 0.717) is 28.2 Å². The minimum Gasteiger partial charge on any atom is -0.493 e. The van der Waals surface area contributed by atoms with Gasteiger partial charge in [0.2, 0.25) is 0 Å². The molecular weight excluding hydrogens is 369 g/mol. The van der Waals surface area contributed by atoms with Gasteiger partial charge in [-0.05, 0) is 29.8 Å². The molecule has 0 saturated heterocycles. The molecule has 130 valence electrons. The molecule has 0 aliphatic heterocycles. The number of benzene rings is 2. The molecule has 0 fully saturated rings. The third-order valence-electron chi connectivity index (χ3n) is 3.24. The maximum atomic E-state index is 6.15. The van der Waals surface area contributed by atoms with E-state index in [-0.39, 0.29) is 12.4 Å². The fourth-order valence-corrected chi connectivity index (χ4v) is 2.52. The van der Waals surface area contributed by atoms with Gasteiger partial charge in [0.1, 0.15) is 6.61 Å². The number of halogens is 3. The molecular formula is C18H20Cl3NO2. The molecule has 6 heteroatoms. The Morgan fingerprint density at radius 3 is 2.58 bits per heavy atom. The first-order valence-electron chi connectivity index (χ1n) is 7.19. The molecule has 0 spiro atoms. The summed E-state index contributed by atoms with van der Waals surface area (Å²) >= 11 is 12.0. The fourth-order valence-electron chi connectivity index (χ4n) is 2.05. The van der Waals surface area contributed by atoms with E-state index < -0.39 is 0 Å². The monoisotopic (exact) mass is 387 g/mol. The van der Waals surface area contributed by atoms with Crippen LogP contribution in [0.25, 0.3) is 0 Å². The van der Waals surface area contributed by atoms with E-state index in [4.69, 9.17) is 32.7 Å². The van der Waals surface area contributed by atoms with E-state index in [1.54, 1.807) is 19.2 Å². The standard InChI is InChI=1S/C18H19Cl2NO2.ClH/c1-3-8-21-11-13-4-7-17(18(9-13)22-2)23-12-14-5-6-15(19)10-16(14)20;/h3-7,9-10,21H,1,8,11-12H2,2H3;1H. The zero-order chi connectivity index (χ0) is 16.7. The summed E-state index contributed by atoms with van der Waals surface area (Å²) in [6.45, 7) is 5.53. The Morgan fingerprint density at radius 2 is 1.92 bits per heavy atom. The lowest BCUT2D eigenvalue weighted by Gasteiger charge is -2.13. The van der Waals surface area contributed by atoms with E-state index in [9.17, 15) is 0 Å². The number of hydrogen-bond acceptors (Lipinski definition) is 3. The van der Waals surface area contributed by atoms with Gasteiger partial charge in [0.15, 0.2) is 11.5 Å². The SMILES string of the molecule is C=CCNCc1ccc(OCc2ccc(Cl)cc2Cl)c(OC)c1.Cl. The molecule has 0 saturated carbocycles. The number of hydrogen-bond donors (Lipinski definition) is 1. The molecule has 0 atom stereocenters. The van der Waals surface area contributed by atoms with Crippen LogP contribution in [0.1, 0.15) is 11.1 Å². The smallest absolute Gasteiger partial charge is 0.161 e. The van der Waals surface area contributed by atoms with Crippen LogP contribution in [0.15, 0.2) is 49.1 Å². The average molecular weight is 389 g/mol. The van der Waals surface area contributed by atoms with Crippen LogP contribution in [0.2, 0.25) is 10.0 Å². The van der Waals surface area contributed by atoms with E-state index in [0.717, 1.165) is 24.2 Å². The minimum atomic E-state index is 0. The summed E-state index contributed by atoms with van der Waals surface area (Å²) < 4.78 is 11.2. The maximum absolute atomic E-state index is 6.15. The summed E-state index contributed by atoms with van der Waals surface area (Å²) in [6, 6.07) is 11.2. The molecule has 2 aromatic rings. The minimum absolute atomic E-state index is 0. The van der Waals surface area contributed by atoms with Crippen LogP contribution in [0.3, 0.4) is 0 Å². The third kappa shape index (κ3) is 5.91. The highest BCUT2D eigenvalue weighted by Gasteiger charge is 2.08. The molecule has 0 aliphatic rings. The van der Waals surface area contributed by atoms with Gasteiger partial charge >= 0.3 is 0 Å². The van der Waals surface area contributed by atoms with Crippen LogP contribution in [-0.2, 0) is 13.2 Å². The van der Waals surface area contributed by atoms with Gasteiger partial charge < -0.3 is 14.8 Å². The molecule has 0 heterocycles. The van der Waals surface area contributed by atoms with Gasteiger partial charge in [-0.3, -0.25) is 0 Å². The Bertz CT molecular complexity index is 677. The highest BCUT2D eigenvalue weighted by Crippen LogP contribution is 2.30. The van der Waals surface area contributed by atoms with Crippen molar-refractivity contribution in [3.8, 4) is 11.5 Å². The van der Waals surface area contributed by atoms with Gasteiger partial charge in [-0.25, -0.2) is 0 Å². The Kier molecular flexibility index (Phi) is 9.01. The van der Waals surface area contributed by atoms with Crippen molar-refractivity contribution >= 4 is 35.6 Å². The van der Waals surface area contributed by atoms with Gasteiger partial charge in [0, 0.05) is 28.7 Å². The highest BCUT2D eigenvalue weighted by atomic mass is 35.5. The predicted octanol–water partition coefficient (Wildman–Crippen LogP) is 5.28.